The molecule has 0 saturated heterocycles. The van der Waals surface area contributed by atoms with Crippen LogP contribution < -0.4 is 4.74 Å². The Hall–Kier alpha value is -2.08. The number of imidazole rings is 1. The number of nitrogens with zero attached hydrogens (tertiary/aromatic N) is 3. The molecule has 0 spiro atoms. The molecular weight excluding hydrogens is 258 g/mol. The lowest BCUT2D eigenvalue weighted by molar-refractivity contribution is -0.390. The van der Waals surface area contributed by atoms with Crippen LogP contribution >= 0.6 is 11.6 Å². The molecule has 0 aliphatic heterocycles. The van der Waals surface area contributed by atoms with Crippen molar-refractivity contribution < 1.29 is 9.66 Å². The van der Waals surface area contributed by atoms with Crippen LogP contribution in [0.1, 0.15) is 5.56 Å². The highest BCUT2D eigenvalue weighted by Gasteiger charge is 2.22. The van der Waals surface area contributed by atoms with Crippen LogP contribution in [0.15, 0.2) is 24.5 Å². The van der Waals surface area contributed by atoms with Gasteiger partial charge in [-0.2, -0.15) is 0 Å². The van der Waals surface area contributed by atoms with E-state index in [-0.39, 0.29) is 11.7 Å². The lowest BCUT2D eigenvalue weighted by Gasteiger charge is -2.08. The minimum absolute atomic E-state index is 0.0884. The zero-order valence-electron chi connectivity index (χ0n) is 9.75. The van der Waals surface area contributed by atoms with Crippen LogP contribution in [0.2, 0.25) is 5.02 Å². The maximum Gasteiger partial charge on any atom is 0.427 e. The smallest absolute Gasteiger partial charge is 0.427 e. The number of hydrogen-bond donors (Lipinski definition) is 0. The molecule has 2 aromatic rings. The molecule has 7 heteroatoms. The molecular formula is C11H10ClN3O3. The van der Waals surface area contributed by atoms with Crippen molar-refractivity contribution in [3.05, 3.63) is 45.2 Å². The highest BCUT2D eigenvalue weighted by molar-refractivity contribution is 6.30. The van der Waals surface area contributed by atoms with Crippen molar-refractivity contribution in [3.63, 3.8) is 0 Å². The van der Waals surface area contributed by atoms with E-state index in [1.807, 2.05) is 6.92 Å². The van der Waals surface area contributed by atoms with Crippen LogP contribution in [0.5, 0.6) is 11.6 Å². The van der Waals surface area contributed by atoms with Crippen LogP contribution in [0.3, 0.4) is 0 Å². The van der Waals surface area contributed by atoms with E-state index in [9.17, 15) is 10.1 Å². The van der Waals surface area contributed by atoms with Gasteiger partial charge in [0.25, 0.3) is 0 Å². The van der Waals surface area contributed by atoms with E-state index in [0.717, 1.165) is 5.56 Å². The van der Waals surface area contributed by atoms with E-state index in [2.05, 4.69) is 4.98 Å². The van der Waals surface area contributed by atoms with E-state index in [1.165, 1.54) is 10.9 Å². The number of hydrogen-bond acceptors (Lipinski definition) is 4. The van der Waals surface area contributed by atoms with Gasteiger partial charge in [0.1, 0.15) is 5.75 Å². The maximum atomic E-state index is 10.8. The topological polar surface area (TPSA) is 70.2 Å². The Morgan fingerprint density at radius 3 is 2.83 bits per heavy atom. The first-order valence-corrected chi connectivity index (χ1v) is 5.46. The van der Waals surface area contributed by atoms with E-state index in [4.69, 9.17) is 16.3 Å². The minimum atomic E-state index is -0.583. The molecule has 6 nitrogen and oxygen atoms in total. The van der Waals surface area contributed by atoms with Gasteiger partial charge in [-0.15, -0.1) is 0 Å². The Morgan fingerprint density at radius 2 is 2.22 bits per heavy atom. The van der Waals surface area contributed by atoms with Crippen molar-refractivity contribution in [1.29, 1.82) is 0 Å². The molecule has 0 amide bonds. The van der Waals surface area contributed by atoms with Gasteiger partial charge in [-0.25, -0.2) is 0 Å². The van der Waals surface area contributed by atoms with Gasteiger partial charge in [0.2, 0.25) is 6.33 Å². The third-order valence-corrected chi connectivity index (χ3v) is 2.62. The summed E-state index contributed by atoms with van der Waals surface area (Å²) in [6.45, 7) is 1.81. The fourth-order valence-electron chi connectivity index (χ4n) is 1.48. The first-order chi connectivity index (χ1) is 8.49. The Kier molecular flexibility index (Phi) is 3.20. The summed E-state index contributed by atoms with van der Waals surface area (Å²) in [5.74, 6) is 0.281. The first-order valence-electron chi connectivity index (χ1n) is 5.08. The number of aromatic nitrogens is 2. The van der Waals surface area contributed by atoms with Gasteiger partial charge in [0, 0.05) is 12.1 Å². The number of halogens is 1. The average molecular weight is 268 g/mol. The summed E-state index contributed by atoms with van der Waals surface area (Å²) in [5.41, 5.74) is 0.790. The van der Waals surface area contributed by atoms with E-state index < -0.39 is 4.92 Å². The number of nitro groups is 1. The predicted molar refractivity (Wildman–Crippen MR) is 66.1 cm³/mol. The summed E-state index contributed by atoms with van der Waals surface area (Å²) >= 11 is 5.83. The van der Waals surface area contributed by atoms with Crippen molar-refractivity contribution in [2.24, 2.45) is 7.05 Å². The summed E-state index contributed by atoms with van der Waals surface area (Å²) in [5, 5.41) is 11.4. The molecule has 0 unspecified atom stereocenters. The Bertz CT molecular complexity index is 610. The molecule has 1 heterocycles. The average Bonchev–Trinajstić information content (AvgIpc) is 2.64. The zero-order chi connectivity index (χ0) is 13.3. The molecule has 0 atom stereocenters. The van der Waals surface area contributed by atoms with Gasteiger partial charge in [-0.3, -0.25) is 4.57 Å². The maximum absolute atomic E-state index is 10.8. The van der Waals surface area contributed by atoms with Gasteiger partial charge in [0.15, 0.2) is 0 Å². The van der Waals surface area contributed by atoms with Crippen LogP contribution in [0, 0.1) is 17.0 Å². The Balaban J connectivity index is 2.39. The second-order valence-corrected chi connectivity index (χ2v) is 4.19. The van der Waals surface area contributed by atoms with Crippen molar-refractivity contribution in [2.75, 3.05) is 0 Å². The number of aryl methyl sites for hydroxylation is 2. The second kappa shape index (κ2) is 4.66. The summed E-state index contributed by atoms with van der Waals surface area (Å²) in [6, 6.07) is 5.04. The molecule has 0 saturated carbocycles. The molecule has 0 aliphatic rings. The molecule has 0 N–H and O–H groups in total. The van der Waals surface area contributed by atoms with Crippen molar-refractivity contribution in [1.82, 2.24) is 9.55 Å². The minimum Gasteiger partial charge on any atom is -0.433 e. The fourth-order valence-corrected chi connectivity index (χ4v) is 1.71. The fraction of sp³-hybridized carbons (Fsp3) is 0.182. The monoisotopic (exact) mass is 267 g/mol. The number of rotatable bonds is 3. The van der Waals surface area contributed by atoms with Gasteiger partial charge in [-0.05, 0) is 40.6 Å². The van der Waals surface area contributed by atoms with Crippen LogP contribution in [0.25, 0.3) is 0 Å². The molecule has 0 radical (unpaired) electrons. The number of ether oxygens (including phenoxy) is 1. The molecule has 18 heavy (non-hydrogen) atoms. The van der Waals surface area contributed by atoms with E-state index in [1.54, 1.807) is 25.2 Å². The van der Waals surface area contributed by atoms with Gasteiger partial charge in [0.05, 0.1) is 0 Å². The van der Waals surface area contributed by atoms with Crippen LogP contribution in [-0.2, 0) is 7.05 Å². The van der Waals surface area contributed by atoms with Crippen LogP contribution in [-0.4, -0.2) is 14.5 Å². The van der Waals surface area contributed by atoms with Crippen molar-refractivity contribution in [3.8, 4) is 11.6 Å². The van der Waals surface area contributed by atoms with Gasteiger partial charge < -0.3 is 14.9 Å². The second-order valence-electron chi connectivity index (χ2n) is 3.75. The molecule has 1 aromatic heterocycles. The molecule has 94 valence electrons. The number of benzene rings is 1. The first kappa shape index (κ1) is 12.4. The Labute approximate surface area is 108 Å². The summed E-state index contributed by atoms with van der Waals surface area (Å²) in [6.07, 6.45) is 1.33. The zero-order valence-corrected chi connectivity index (χ0v) is 10.5. The van der Waals surface area contributed by atoms with E-state index >= 15 is 0 Å². The third kappa shape index (κ3) is 2.28. The summed E-state index contributed by atoms with van der Waals surface area (Å²) in [7, 11) is 1.63. The molecule has 1 aromatic carbocycles. The SMILES string of the molecule is Cc1cc(Cl)ccc1Oc1c([N+](=O)[O-])ncn1C. The molecule has 0 fully saturated rings. The summed E-state index contributed by atoms with van der Waals surface area (Å²) in [4.78, 5) is 13.9. The largest absolute Gasteiger partial charge is 0.433 e. The standard InChI is InChI=1S/C11H10ClN3O3/c1-7-5-8(12)3-4-9(7)18-11-10(15(16)17)13-6-14(11)2/h3-6H,1-2H3. The van der Waals surface area contributed by atoms with Crippen molar-refractivity contribution in [2.45, 2.75) is 6.92 Å². The van der Waals surface area contributed by atoms with Crippen molar-refractivity contribution >= 4 is 17.4 Å². The van der Waals surface area contributed by atoms with Gasteiger partial charge >= 0.3 is 11.7 Å². The van der Waals surface area contributed by atoms with E-state index in [0.29, 0.717) is 10.8 Å². The normalized spacial score (nSPS) is 10.4. The lowest BCUT2D eigenvalue weighted by Crippen LogP contribution is -1.97. The molecule has 0 bridgehead atoms. The summed E-state index contributed by atoms with van der Waals surface area (Å²) < 4.78 is 6.98. The Morgan fingerprint density at radius 1 is 1.50 bits per heavy atom. The quantitative estimate of drug-likeness (QED) is 0.633. The molecule has 0 aliphatic carbocycles. The lowest BCUT2D eigenvalue weighted by atomic mass is 10.2. The van der Waals surface area contributed by atoms with Crippen LogP contribution in [0.4, 0.5) is 5.82 Å². The van der Waals surface area contributed by atoms with Gasteiger partial charge in [-0.1, -0.05) is 11.6 Å². The molecule has 2 rings (SSSR count). The highest BCUT2D eigenvalue weighted by atomic mass is 35.5. The highest BCUT2D eigenvalue weighted by Crippen LogP contribution is 2.32. The third-order valence-electron chi connectivity index (χ3n) is 2.38. The predicted octanol–water partition coefficient (Wildman–Crippen LogP) is 3.08.